The van der Waals surface area contributed by atoms with Crippen molar-refractivity contribution in [3.63, 3.8) is 0 Å². The number of hydrogen-bond donors (Lipinski definition) is 2. The van der Waals surface area contributed by atoms with Crippen LogP contribution in [0.25, 0.3) is 0 Å². The molecule has 7 heteroatoms. The van der Waals surface area contributed by atoms with Gasteiger partial charge in [0.25, 0.3) is 0 Å². The molecule has 0 aliphatic carbocycles. The van der Waals surface area contributed by atoms with Crippen LogP contribution in [0, 0.1) is 0 Å². The summed E-state index contributed by atoms with van der Waals surface area (Å²) in [5, 5.41) is 21.1. The minimum atomic E-state index is -1.00. The van der Waals surface area contributed by atoms with Crippen LogP contribution in [0.1, 0.15) is 12.8 Å². The van der Waals surface area contributed by atoms with Gasteiger partial charge in [-0.05, 0) is 19.4 Å². The maximum absolute atomic E-state index is 10.1. The van der Waals surface area contributed by atoms with E-state index in [1.807, 2.05) is 0 Å². The van der Waals surface area contributed by atoms with Crippen LogP contribution < -0.4 is 10.4 Å². The van der Waals surface area contributed by atoms with Gasteiger partial charge in [-0.15, -0.1) is 12.4 Å². The summed E-state index contributed by atoms with van der Waals surface area (Å²) < 4.78 is 0.419. The maximum Gasteiger partial charge on any atom is 0.320 e. The summed E-state index contributed by atoms with van der Waals surface area (Å²) in [4.78, 5) is 20.0. The number of nitrogens with zero attached hydrogens (tertiary/aromatic N) is 1. The van der Waals surface area contributed by atoms with E-state index >= 15 is 0 Å². The van der Waals surface area contributed by atoms with Gasteiger partial charge in [0.15, 0.2) is 0 Å². The molecular weight excluding hydrogens is 248 g/mol. The average molecular weight is 269 g/mol. The van der Waals surface area contributed by atoms with Crippen LogP contribution in [-0.2, 0) is 9.59 Å². The molecule has 0 aromatic heterocycles. The minimum Gasteiger partial charge on any atom is -0.544 e. The van der Waals surface area contributed by atoms with E-state index < -0.39 is 11.9 Å². The molecule has 0 aromatic carbocycles. The third-order valence-electron chi connectivity index (χ3n) is 1.96. The van der Waals surface area contributed by atoms with Crippen LogP contribution in [0.2, 0.25) is 0 Å². The maximum atomic E-state index is 10.1. The van der Waals surface area contributed by atoms with Crippen LogP contribution in [0.15, 0.2) is 0 Å². The molecule has 1 saturated heterocycles. The van der Waals surface area contributed by atoms with Crippen molar-refractivity contribution in [3.05, 3.63) is 0 Å². The number of aliphatic carboxylic acids is 2. The number of carbonyl (C=O) groups excluding carboxylic acids is 1. The molecule has 0 spiro atoms. The summed E-state index contributed by atoms with van der Waals surface area (Å²) in [6.45, 7) is 0.928. The molecule has 1 heterocycles. The van der Waals surface area contributed by atoms with Gasteiger partial charge in [-0.2, -0.15) is 0 Å². The minimum absolute atomic E-state index is 0. The molecule has 1 atom stereocenters. The number of likely N-dealkylation sites (N-methyl/N-ethyl adjacent to an activating group) is 1. The molecule has 1 aliphatic rings. The Hall–Kier alpha value is -0.850. The second kappa shape index (κ2) is 8.27. The Morgan fingerprint density at radius 1 is 1.41 bits per heavy atom. The lowest BCUT2D eigenvalue weighted by molar-refractivity contribution is -0.864. The second-order valence-electron chi connectivity index (χ2n) is 4.81. The number of quaternary nitrogens is 1. The average Bonchev–Trinajstić information content (AvgIpc) is 2.50. The Balaban J connectivity index is 0. The highest BCUT2D eigenvalue weighted by Gasteiger charge is 2.20. The third-order valence-corrected chi connectivity index (χ3v) is 1.96. The van der Waals surface area contributed by atoms with Crippen LogP contribution in [0.3, 0.4) is 0 Å². The third kappa shape index (κ3) is 11.4. The van der Waals surface area contributed by atoms with Gasteiger partial charge in [-0.25, -0.2) is 0 Å². The fraction of sp³-hybridized carbons (Fsp3) is 0.800. The van der Waals surface area contributed by atoms with Gasteiger partial charge in [0.05, 0.1) is 27.1 Å². The smallest absolute Gasteiger partial charge is 0.320 e. The summed E-state index contributed by atoms with van der Waals surface area (Å²) >= 11 is 0. The molecule has 1 rings (SSSR count). The van der Waals surface area contributed by atoms with Crippen LogP contribution >= 0.6 is 12.4 Å². The van der Waals surface area contributed by atoms with Crippen LogP contribution in [0.4, 0.5) is 0 Å². The molecule has 2 N–H and O–H groups in total. The molecule has 1 unspecified atom stereocenters. The number of halogens is 1. The van der Waals surface area contributed by atoms with Crippen molar-refractivity contribution in [2.45, 2.75) is 18.9 Å². The standard InChI is InChI=1S/C5H9NO2.C5H11NO2.ClH/c7-5(8)4-2-1-3-6-4;1-6(2,3)4-5(7)8;/h4,6H,1-3H2,(H,7,8);4H2,1-3H3;1H. The number of nitrogens with one attached hydrogen (secondary N) is 1. The fourth-order valence-corrected chi connectivity index (χ4v) is 1.28. The first-order chi connectivity index (χ1) is 7.22. The van der Waals surface area contributed by atoms with Gasteiger partial charge in [-0.3, -0.25) is 4.79 Å². The van der Waals surface area contributed by atoms with Gasteiger partial charge >= 0.3 is 5.97 Å². The fourth-order valence-electron chi connectivity index (χ4n) is 1.28. The van der Waals surface area contributed by atoms with E-state index in [-0.39, 0.29) is 25.0 Å². The molecule has 1 aliphatic heterocycles. The number of carboxylic acids is 2. The number of carbonyl (C=O) groups is 2. The zero-order valence-electron chi connectivity index (χ0n) is 10.4. The second-order valence-corrected chi connectivity index (χ2v) is 4.81. The Morgan fingerprint density at radius 3 is 2.06 bits per heavy atom. The summed E-state index contributed by atoms with van der Waals surface area (Å²) in [7, 11) is 5.40. The van der Waals surface area contributed by atoms with E-state index in [9.17, 15) is 14.7 Å². The highest BCUT2D eigenvalue weighted by molar-refractivity contribution is 5.85. The van der Waals surface area contributed by atoms with Gasteiger partial charge in [0.2, 0.25) is 0 Å². The lowest BCUT2D eigenvalue weighted by Gasteiger charge is -2.23. The van der Waals surface area contributed by atoms with Crippen molar-refractivity contribution in [1.29, 1.82) is 0 Å². The topological polar surface area (TPSA) is 89.5 Å². The normalized spacial score (nSPS) is 18.6. The van der Waals surface area contributed by atoms with Gasteiger partial charge < -0.3 is 24.8 Å². The summed E-state index contributed by atoms with van der Waals surface area (Å²) in [6, 6.07) is -0.269. The van der Waals surface area contributed by atoms with Crippen molar-refractivity contribution < 1.29 is 24.3 Å². The van der Waals surface area contributed by atoms with Gasteiger partial charge in [0.1, 0.15) is 12.6 Å². The molecule has 102 valence electrons. The van der Waals surface area contributed by atoms with Crippen molar-refractivity contribution >= 4 is 24.3 Å². The number of hydrogen-bond acceptors (Lipinski definition) is 4. The van der Waals surface area contributed by atoms with Gasteiger partial charge in [-0.1, -0.05) is 0 Å². The monoisotopic (exact) mass is 268 g/mol. The quantitative estimate of drug-likeness (QED) is 0.620. The largest absolute Gasteiger partial charge is 0.544 e. The Morgan fingerprint density at radius 2 is 1.94 bits per heavy atom. The van der Waals surface area contributed by atoms with Crippen molar-refractivity contribution in [1.82, 2.24) is 5.32 Å². The molecule has 0 saturated carbocycles. The molecule has 0 bridgehead atoms. The summed E-state index contributed by atoms with van der Waals surface area (Å²) in [5.41, 5.74) is 0. The molecule has 0 aromatic rings. The molecule has 0 radical (unpaired) electrons. The Labute approximate surface area is 108 Å². The predicted molar refractivity (Wildman–Crippen MR) is 63.8 cm³/mol. The molecular formula is C10H21ClN2O4. The van der Waals surface area contributed by atoms with Crippen LogP contribution in [0.5, 0.6) is 0 Å². The number of carboxylic acid groups (broad SMARTS) is 2. The van der Waals surface area contributed by atoms with Crippen LogP contribution in [-0.4, -0.2) is 61.8 Å². The lowest BCUT2D eigenvalue weighted by atomic mass is 10.2. The van der Waals surface area contributed by atoms with Crippen molar-refractivity contribution in [2.24, 2.45) is 0 Å². The first-order valence-corrected chi connectivity index (χ1v) is 5.19. The van der Waals surface area contributed by atoms with Crippen molar-refractivity contribution in [2.75, 3.05) is 34.2 Å². The molecule has 0 amide bonds. The Kier molecular flexibility index (Phi) is 9.01. The summed E-state index contributed by atoms with van der Waals surface area (Å²) in [6.07, 6.45) is 1.78. The number of rotatable bonds is 3. The summed E-state index contributed by atoms with van der Waals surface area (Å²) in [5.74, 6) is -1.72. The van der Waals surface area contributed by atoms with E-state index in [4.69, 9.17) is 5.11 Å². The Bertz CT molecular complexity index is 247. The highest BCUT2D eigenvalue weighted by atomic mass is 35.5. The van der Waals surface area contributed by atoms with E-state index in [0.717, 1.165) is 19.4 Å². The first-order valence-electron chi connectivity index (χ1n) is 5.19. The highest BCUT2D eigenvalue weighted by Crippen LogP contribution is 2.03. The van der Waals surface area contributed by atoms with E-state index in [0.29, 0.717) is 4.48 Å². The van der Waals surface area contributed by atoms with E-state index in [2.05, 4.69) is 5.32 Å². The lowest BCUT2D eigenvalue weighted by Crippen LogP contribution is -2.45. The SMILES string of the molecule is C[N+](C)(C)CC(=O)[O-].Cl.O=C(O)C1CCCN1. The van der Waals surface area contributed by atoms with Crippen molar-refractivity contribution in [3.8, 4) is 0 Å². The molecule has 17 heavy (non-hydrogen) atoms. The molecule has 1 fully saturated rings. The van der Waals surface area contributed by atoms with E-state index in [1.54, 1.807) is 21.1 Å². The molecule has 6 nitrogen and oxygen atoms in total. The zero-order chi connectivity index (χ0) is 12.8. The van der Waals surface area contributed by atoms with E-state index in [1.165, 1.54) is 0 Å². The zero-order valence-corrected chi connectivity index (χ0v) is 11.2. The first kappa shape index (κ1) is 18.5. The predicted octanol–water partition coefficient (Wildman–Crippen LogP) is -1.31. The van der Waals surface area contributed by atoms with Gasteiger partial charge in [0, 0.05) is 0 Å².